The number of hydrogen-bond donors (Lipinski definition) is 1. The fourth-order valence-electron chi connectivity index (χ4n) is 3.93. The van der Waals surface area contributed by atoms with Crippen LogP contribution in [-0.2, 0) is 22.5 Å². The van der Waals surface area contributed by atoms with Gasteiger partial charge in [0.2, 0.25) is 11.3 Å². The van der Waals surface area contributed by atoms with E-state index in [-0.39, 0.29) is 35.3 Å². The van der Waals surface area contributed by atoms with Crippen molar-refractivity contribution >= 4 is 22.7 Å². The summed E-state index contributed by atoms with van der Waals surface area (Å²) >= 11 is 0. The van der Waals surface area contributed by atoms with Crippen molar-refractivity contribution in [3.05, 3.63) is 75.2 Å². The van der Waals surface area contributed by atoms with Crippen molar-refractivity contribution in [2.75, 3.05) is 13.2 Å². The molecule has 0 bridgehead atoms. The van der Waals surface area contributed by atoms with Gasteiger partial charge >= 0.3 is 0 Å². The number of nitrogens with one attached hydrogen (secondary N) is 1. The van der Waals surface area contributed by atoms with Crippen LogP contribution < -0.4 is 10.7 Å². The molecule has 3 aromatic rings. The number of pyridine rings is 2. The van der Waals surface area contributed by atoms with Crippen LogP contribution in [0.4, 0.5) is 0 Å². The standard InChI is InChI=1S/C25H27N3O4/c1-3-17-7-9-18(10-8-17)23(30)21-14-28(15-22(29)26-13-19-5-4-12-32-19)25-20(24(21)31)11-6-16(2)27-25/h6-11,14,19H,3-5,12-13,15H2,1-2H3,(H,26,29)/t19-/m1/s1. The Morgan fingerprint density at radius 2 is 1.97 bits per heavy atom. The molecule has 1 aliphatic heterocycles. The van der Waals surface area contributed by atoms with E-state index in [0.29, 0.717) is 23.1 Å². The molecule has 4 rings (SSSR count). The number of carbonyl (C=O) groups is 2. The Morgan fingerprint density at radius 1 is 1.19 bits per heavy atom. The topological polar surface area (TPSA) is 90.3 Å². The number of rotatable bonds is 7. The third-order valence-electron chi connectivity index (χ3n) is 5.79. The number of aryl methyl sites for hydroxylation is 2. The number of carbonyl (C=O) groups excluding carboxylic acids is 2. The minimum atomic E-state index is -0.381. The summed E-state index contributed by atoms with van der Waals surface area (Å²) in [5.41, 5.74) is 2.31. The second-order valence-electron chi connectivity index (χ2n) is 8.14. The first kappa shape index (κ1) is 21.9. The lowest BCUT2D eigenvalue weighted by Gasteiger charge is -2.15. The van der Waals surface area contributed by atoms with Gasteiger partial charge in [-0.15, -0.1) is 0 Å². The van der Waals surface area contributed by atoms with Crippen LogP contribution in [0.2, 0.25) is 0 Å². The van der Waals surface area contributed by atoms with Gasteiger partial charge in [0.15, 0.2) is 5.78 Å². The van der Waals surface area contributed by atoms with Crippen molar-refractivity contribution in [3.63, 3.8) is 0 Å². The number of ether oxygens (including phenoxy) is 1. The number of aromatic nitrogens is 2. The summed E-state index contributed by atoms with van der Waals surface area (Å²) in [7, 11) is 0. The van der Waals surface area contributed by atoms with Gasteiger partial charge in [0.1, 0.15) is 12.2 Å². The van der Waals surface area contributed by atoms with Crippen LogP contribution >= 0.6 is 0 Å². The molecular formula is C25H27N3O4. The third-order valence-corrected chi connectivity index (χ3v) is 5.79. The fraction of sp³-hybridized carbons (Fsp3) is 0.360. The SMILES string of the molecule is CCc1ccc(C(=O)c2cn(CC(=O)NC[C@H]3CCCO3)c3nc(C)ccc3c2=O)cc1. The van der Waals surface area contributed by atoms with Gasteiger partial charge in [0, 0.05) is 30.6 Å². The minimum Gasteiger partial charge on any atom is -0.376 e. The maximum absolute atomic E-state index is 13.2. The number of nitrogens with zero attached hydrogens (tertiary/aromatic N) is 2. The van der Waals surface area contributed by atoms with Crippen LogP contribution in [0.3, 0.4) is 0 Å². The van der Waals surface area contributed by atoms with Gasteiger partial charge in [-0.25, -0.2) is 4.98 Å². The highest BCUT2D eigenvalue weighted by atomic mass is 16.5. The lowest BCUT2D eigenvalue weighted by atomic mass is 10.0. The molecule has 2 aromatic heterocycles. The van der Waals surface area contributed by atoms with Gasteiger partial charge in [0.05, 0.1) is 17.1 Å². The van der Waals surface area contributed by atoms with E-state index < -0.39 is 0 Å². The van der Waals surface area contributed by atoms with E-state index in [0.717, 1.165) is 37.1 Å². The number of amides is 1. The maximum Gasteiger partial charge on any atom is 0.240 e. The van der Waals surface area contributed by atoms with Crippen molar-refractivity contribution < 1.29 is 14.3 Å². The molecule has 1 saturated heterocycles. The Balaban J connectivity index is 1.68. The molecule has 3 heterocycles. The Hall–Kier alpha value is -3.32. The molecule has 0 spiro atoms. The monoisotopic (exact) mass is 433 g/mol. The molecule has 0 radical (unpaired) electrons. The quantitative estimate of drug-likeness (QED) is 0.579. The van der Waals surface area contributed by atoms with Gasteiger partial charge in [0.25, 0.3) is 0 Å². The molecule has 1 atom stereocenters. The fourth-order valence-corrected chi connectivity index (χ4v) is 3.93. The van der Waals surface area contributed by atoms with Crippen LogP contribution in [0, 0.1) is 6.92 Å². The highest BCUT2D eigenvalue weighted by Crippen LogP contribution is 2.15. The predicted octanol–water partition coefficient (Wildman–Crippen LogP) is 2.79. The number of hydrogen-bond acceptors (Lipinski definition) is 5. The lowest BCUT2D eigenvalue weighted by molar-refractivity contribution is -0.122. The van der Waals surface area contributed by atoms with E-state index in [4.69, 9.17) is 4.74 Å². The van der Waals surface area contributed by atoms with E-state index in [1.54, 1.807) is 28.8 Å². The highest BCUT2D eigenvalue weighted by Gasteiger charge is 2.20. The van der Waals surface area contributed by atoms with E-state index in [9.17, 15) is 14.4 Å². The summed E-state index contributed by atoms with van der Waals surface area (Å²) < 4.78 is 7.14. The molecule has 7 heteroatoms. The summed E-state index contributed by atoms with van der Waals surface area (Å²) in [5, 5.41) is 3.20. The van der Waals surface area contributed by atoms with Gasteiger partial charge in [-0.2, -0.15) is 0 Å². The first-order valence-corrected chi connectivity index (χ1v) is 11.0. The Morgan fingerprint density at radius 3 is 2.66 bits per heavy atom. The second-order valence-corrected chi connectivity index (χ2v) is 8.14. The van der Waals surface area contributed by atoms with Gasteiger partial charge < -0.3 is 14.6 Å². The lowest BCUT2D eigenvalue weighted by Crippen LogP contribution is -2.34. The van der Waals surface area contributed by atoms with E-state index in [1.165, 1.54) is 6.20 Å². The van der Waals surface area contributed by atoms with Crippen LogP contribution in [-0.4, -0.2) is 40.5 Å². The van der Waals surface area contributed by atoms with Crippen molar-refractivity contribution in [3.8, 4) is 0 Å². The molecule has 1 amide bonds. The predicted molar refractivity (Wildman–Crippen MR) is 122 cm³/mol. The van der Waals surface area contributed by atoms with Crippen LogP contribution in [0.1, 0.15) is 46.9 Å². The first-order chi connectivity index (χ1) is 15.5. The molecule has 166 valence electrons. The second kappa shape index (κ2) is 9.44. The molecule has 1 aromatic carbocycles. The normalized spacial score (nSPS) is 15.8. The molecule has 0 unspecified atom stereocenters. The minimum absolute atomic E-state index is 0.0272. The number of benzene rings is 1. The largest absolute Gasteiger partial charge is 0.376 e. The average molecular weight is 434 g/mol. The molecule has 0 aliphatic carbocycles. The Bertz CT molecular complexity index is 1210. The molecule has 1 aliphatic rings. The molecule has 0 saturated carbocycles. The van der Waals surface area contributed by atoms with Crippen molar-refractivity contribution in [1.29, 1.82) is 0 Å². The summed E-state index contributed by atoms with van der Waals surface area (Å²) in [4.78, 5) is 43.4. The van der Waals surface area contributed by atoms with E-state index in [2.05, 4.69) is 10.3 Å². The summed E-state index contributed by atoms with van der Waals surface area (Å²) in [5.74, 6) is -0.590. The highest BCUT2D eigenvalue weighted by molar-refractivity contribution is 6.10. The van der Waals surface area contributed by atoms with Crippen molar-refractivity contribution in [2.45, 2.75) is 45.8 Å². The summed E-state index contributed by atoms with van der Waals surface area (Å²) in [6, 6.07) is 10.6. The molecule has 32 heavy (non-hydrogen) atoms. The zero-order chi connectivity index (χ0) is 22.7. The van der Waals surface area contributed by atoms with Gasteiger partial charge in [-0.1, -0.05) is 31.2 Å². The number of ketones is 1. The first-order valence-electron chi connectivity index (χ1n) is 11.0. The average Bonchev–Trinajstić information content (AvgIpc) is 3.33. The molecule has 1 fully saturated rings. The van der Waals surface area contributed by atoms with Crippen LogP contribution in [0.5, 0.6) is 0 Å². The smallest absolute Gasteiger partial charge is 0.240 e. The molecule has 7 nitrogen and oxygen atoms in total. The zero-order valence-electron chi connectivity index (χ0n) is 18.4. The van der Waals surface area contributed by atoms with E-state index in [1.807, 2.05) is 26.0 Å². The number of fused-ring (bicyclic) bond motifs is 1. The maximum atomic E-state index is 13.2. The van der Waals surface area contributed by atoms with Crippen LogP contribution in [0.15, 0.2) is 47.4 Å². The summed E-state index contributed by atoms with van der Waals surface area (Å²) in [6.45, 7) is 4.98. The molecule has 1 N–H and O–H groups in total. The van der Waals surface area contributed by atoms with Gasteiger partial charge in [-0.3, -0.25) is 14.4 Å². The molecular weight excluding hydrogens is 406 g/mol. The third kappa shape index (κ3) is 4.62. The summed E-state index contributed by atoms with van der Waals surface area (Å²) in [6.07, 6.45) is 4.28. The van der Waals surface area contributed by atoms with Crippen molar-refractivity contribution in [2.24, 2.45) is 0 Å². The van der Waals surface area contributed by atoms with Gasteiger partial charge in [-0.05, 0) is 43.9 Å². The van der Waals surface area contributed by atoms with E-state index >= 15 is 0 Å². The zero-order valence-corrected chi connectivity index (χ0v) is 18.4. The van der Waals surface area contributed by atoms with Crippen molar-refractivity contribution in [1.82, 2.24) is 14.9 Å². The Labute approximate surface area is 186 Å². The Kier molecular flexibility index (Phi) is 6.46. The van der Waals surface area contributed by atoms with Crippen LogP contribution in [0.25, 0.3) is 11.0 Å².